The highest BCUT2D eigenvalue weighted by Gasteiger charge is 2.31. The summed E-state index contributed by atoms with van der Waals surface area (Å²) in [4.78, 5) is 25.0. The molecule has 0 spiro atoms. The number of carbonyl (C=O) groups excluding carboxylic acids is 1. The summed E-state index contributed by atoms with van der Waals surface area (Å²) in [7, 11) is 0. The summed E-state index contributed by atoms with van der Waals surface area (Å²) < 4.78 is 5.64. The van der Waals surface area contributed by atoms with Gasteiger partial charge in [0, 0.05) is 31.0 Å². The van der Waals surface area contributed by atoms with Crippen LogP contribution >= 0.6 is 0 Å². The van der Waals surface area contributed by atoms with Crippen molar-refractivity contribution in [1.82, 2.24) is 4.90 Å². The average Bonchev–Trinajstić information content (AvgIpc) is 2.91. The van der Waals surface area contributed by atoms with Gasteiger partial charge in [0.05, 0.1) is 0 Å². The summed E-state index contributed by atoms with van der Waals surface area (Å²) in [5.74, 6) is -0.790. The zero-order chi connectivity index (χ0) is 16.7. The van der Waals surface area contributed by atoms with Gasteiger partial charge in [-0.15, -0.1) is 0 Å². The van der Waals surface area contributed by atoms with Crippen molar-refractivity contribution in [1.29, 1.82) is 0 Å². The molecule has 1 aliphatic rings. The second kappa shape index (κ2) is 5.72. The predicted molar refractivity (Wildman–Crippen MR) is 86.9 cm³/mol. The molecular formula is C18H21NO4. The molecule has 0 saturated carbocycles. The molecule has 1 aromatic carbocycles. The van der Waals surface area contributed by atoms with Crippen LogP contribution in [0.25, 0.3) is 11.0 Å². The monoisotopic (exact) mass is 315 g/mol. The fourth-order valence-electron chi connectivity index (χ4n) is 3.52. The molecule has 1 saturated heterocycles. The zero-order valence-electron chi connectivity index (χ0n) is 13.7. The molecule has 1 aliphatic heterocycles. The number of hydrogen-bond acceptors (Lipinski definition) is 3. The van der Waals surface area contributed by atoms with E-state index in [1.807, 2.05) is 30.9 Å². The number of nitrogens with zero attached hydrogens (tertiary/aromatic N) is 1. The number of piperidine rings is 1. The Hall–Kier alpha value is -2.30. The molecule has 122 valence electrons. The van der Waals surface area contributed by atoms with Crippen LogP contribution < -0.4 is 0 Å². The Balaban J connectivity index is 2.09. The van der Waals surface area contributed by atoms with E-state index in [9.17, 15) is 14.7 Å². The number of aromatic carboxylic acids is 1. The molecule has 23 heavy (non-hydrogen) atoms. The van der Waals surface area contributed by atoms with Crippen molar-refractivity contribution in [3.63, 3.8) is 0 Å². The molecule has 5 nitrogen and oxygen atoms in total. The third-order valence-electron chi connectivity index (χ3n) is 4.97. The summed E-state index contributed by atoms with van der Waals surface area (Å²) in [5, 5.41) is 10.5. The first kappa shape index (κ1) is 15.6. The van der Waals surface area contributed by atoms with Crippen molar-refractivity contribution < 1.29 is 19.1 Å². The summed E-state index contributed by atoms with van der Waals surface area (Å²) in [5.41, 5.74) is 3.63. The quantitative estimate of drug-likeness (QED) is 0.921. The van der Waals surface area contributed by atoms with Crippen molar-refractivity contribution in [2.45, 2.75) is 39.5 Å². The number of benzene rings is 1. The number of furan rings is 1. The van der Waals surface area contributed by atoms with Gasteiger partial charge in [-0.1, -0.05) is 6.07 Å². The number of aryl methyl sites for hydroxylation is 2. The van der Waals surface area contributed by atoms with Gasteiger partial charge in [0.25, 0.3) is 0 Å². The number of carbonyl (C=O) groups is 2. The van der Waals surface area contributed by atoms with Gasteiger partial charge in [-0.2, -0.15) is 0 Å². The molecule has 5 heteroatoms. The van der Waals surface area contributed by atoms with Crippen LogP contribution in [-0.4, -0.2) is 35.0 Å². The minimum Gasteiger partial charge on any atom is -0.475 e. The molecule has 0 atom stereocenters. The standard InChI is InChI=1S/C18H21NO4/c1-10-4-5-14-15(11(10)2)16(17(23-14)18(21)22)13-6-8-19(9-7-13)12(3)20/h4-5,13H,6-9H2,1-3H3,(H,21,22). The molecule has 1 amide bonds. The SMILES string of the molecule is CC(=O)N1CCC(c2c(C(=O)O)oc3ccc(C)c(C)c23)CC1. The molecule has 0 bridgehead atoms. The van der Waals surface area contributed by atoms with E-state index >= 15 is 0 Å². The topological polar surface area (TPSA) is 70.8 Å². The van der Waals surface area contributed by atoms with Gasteiger partial charge in [0.2, 0.25) is 11.7 Å². The first-order chi connectivity index (χ1) is 10.9. The Kier molecular flexibility index (Phi) is 3.88. The normalized spacial score (nSPS) is 16.0. The third kappa shape index (κ3) is 2.60. The van der Waals surface area contributed by atoms with Crippen LogP contribution in [0.3, 0.4) is 0 Å². The number of carboxylic acid groups (broad SMARTS) is 1. The van der Waals surface area contributed by atoms with Crippen molar-refractivity contribution in [3.05, 3.63) is 34.6 Å². The van der Waals surface area contributed by atoms with Crippen LogP contribution in [0.1, 0.15) is 52.9 Å². The Morgan fingerprint density at radius 3 is 2.43 bits per heavy atom. The Bertz CT molecular complexity index is 782. The van der Waals surface area contributed by atoms with Gasteiger partial charge >= 0.3 is 5.97 Å². The molecule has 2 aromatic rings. The van der Waals surface area contributed by atoms with Crippen LogP contribution in [-0.2, 0) is 4.79 Å². The van der Waals surface area contributed by atoms with E-state index in [0.717, 1.165) is 34.9 Å². The van der Waals surface area contributed by atoms with Crippen molar-refractivity contribution in [3.8, 4) is 0 Å². The fourth-order valence-corrected chi connectivity index (χ4v) is 3.52. The summed E-state index contributed by atoms with van der Waals surface area (Å²) in [6.45, 7) is 6.92. The second-order valence-electron chi connectivity index (χ2n) is 6.31. The van der Waals surface area contributed by atoms with E-state index in [-0.39, 0.29) is 17.6 Å². The lowest BCUT2D eigenvalue weighted by Gasteiger charge is -2.31. The van der Waals surface area contributed by atoms with Gasteiger partial charge in [-0.25, -0.2) is 4.79 Å². The summed E-state index contributed by atoms with van der Waals surface area (Å²) >= 11 is 0. The predicted octanol–water partition coefficient (Wildman–Crippen LogP) is 3.47. The molecule has 2 heterocycles. The fraction of sp³-hybridized carbons (Fsp3) is 0.444. The second-order valence-corrected chi connectivity index (χ2v) is 6.31. The first-order valence-corrected chi connectivity index (χ1v) is 7.91. The summed E-state index contributed by atoms with van der Waals surface area (Å²) in [6, 6.07) is 3.80. The number of likely N-dealkylation sites (tertiary alicyclic amines) is 1. The molecule has 3 rings (SSSR count). The largest absolute Gasteiger partial charge is 0.475 e. The lowest BCUT2D eigenvalue weighted by Crippen LogP contribution is -2.36. The van der Waals surface area contributed by atoms with Gasteiger partial charge < -0.3 is 14.4 Å². The maximum atomic E-state index is 11.6. The molecule has 1 N–H and O–H groups in total. The lowest BCUT2D eigenvalue weighted by molar-refractivity contribution is -0.129. The highest BCUT2D eigenvalue weighted by Crippen LogP contribution is 2.39. The van der Waals surface area contributed by atoms with Gasteiger partial charge in [-0.3, -0.25) is 4.79 Å². The van der Waals surface area contributed by atoms with Crippen LogP contribution in [0.4, 0.5) is 0 Å². The average molecular weight is 315 g/mol. The van der Waals surface area contributed by atoms with E-state index in [0.29, 0.717) is 18.7 Å². The first-order valence-electron chi connectivity index (χ1n) is 7.91. The molecular weight excluding hydrogens is 294 g/mol. The third-order valence-corrected chi connectivity index (χ3v) is 4.97. The van der Waals surface area contributed by atoms with E-state index in [1.54, 1.807) is 6.92 Å². The maximum absolute atomic E-state index is 11.6. The lowest BCUT2D eigenvalue weighted by atomic mass is 9.85. The van der Waals surface area contributed by atoms with Crippen LogP contribution in [0, 0.1) is 13.8 Å². The van der Waals surface area contributed by atoms with Crippen LogP contribution in [0.15, 0.2) is 16.5 Å². The van der Waals surface area contributed by atoms with Gasteiger partial charge in [-0.05, 0) is 49.8 Å². The Labute approximate surface area is 134 Å². The van der Waals surface area contributed by atoms with Crippen LogP contribution in [0.2, 0.25) is 0 Å². The van der Waals surface area contributed by atoms with Crippen molar-refractivity contribution in [2.24, 2.45) is 0 Å². The minimum atomic E-state index is -1.03. The molecule has 1 aromatic heterocycles. The number of rotatable bonds is 2. The summed E-state index contributed by atoms with van der Waals surface area (Å²) in [6.07, 6.45) is 1.53. The number of carboxylic acids is 1. The highest BCUT2D eigenvalue weighted by atomic mass is 16.4. The Morgan fingerprint density at radius 2 is 1.87 bits per heavy atom. The van der Waals surface area contributed by atoms with E-state index in [1.165, 1.54) is 0 Å². The molecule has 0 radical (unpaired) electrons. The highest BCUT2D eigenvalue weighted by molar-refractivity contribution is 5.97. The Morgan fingerprint density at radius 1 is 1.22 bits per heavy atom. The number of fused-ring (bicyclic) bond motifs is 1. The molecule has 0 aliphatic carbocycles. The zero-order valence-corrected chi connectivity index (χ0v) is 13.7. The van der Waals surface area contributed by atoms with Crippen molar-refractivity contribution >= 4 is 22.8 Å². The van der Waals surface area contributed by atoms with Crippen LogP contribution in [0.5, 0.6) is 0 Å². The molecule has 0 unspecified atom stereocenters. The smallest absolute Gasteiger partial charge is 0.372 e. The number of hydrogen-bond donors (Lipinski definition) is 1. The van der Waals surface area contributed by atoms with E-state index < -0.39 is 5.97 Å². The molecule has 1 fully saturated rings. The van der Waals surface area contributed by atoms with Gasteiger partial charge in [0.15, 0.2) is 0 Å². The van der Waals surface area contributed by atoms with E-state index in [4.69, 9.17) is 4.42 Å². The maximum Gasteiger partial charge on any atom is 0.372 e. The van der Waals surface area contributed by atoms with Gasteiger partial charge in [0.1, 0.15) is 5.58 Å². The van der Waals surface area contributed by atoms with Crippen molar-refractivity contribution in [2.75, 3.05) is 13.1 Å². The minimum absolute atomic E-state index is 0.0509. The van der Waals surface area contributed by atoms with E-state index in [2.05, 4.69) is 0 Å². The number of amides is 1.